The van der Waals surface area contributed by atoms with Crippen LogP contribution in [0.3, 0.4) is 0 Å². The first-order valence-electron chi connectivity index (χ1n) is 9.78. The van der Waals surface area contributed by atoms with Crippen LogP contribution in [0.25, 0.3) is 11.0 Å². The fraction of sp³-hybridized carbons (Fsp3) is 0.381. The second kappa shape index (κ2) is 8.06. The number of ether oxygens (including phenoxy) is 1. The average Bonchev–Trinajstić information content (AvgIpc) is 3.17. The van der Waals surface area contributed by atoms with E-state index in [4.69, 9.17) is 4.74 Å². The molecule has 30 heavy (non-hydrogen) atoms. The summed E-state index contributed by atoms with van der Waals surface area (Å²) in [5.41, 5.74) is 0.751. The van der Waals surface area contributed by atoms with Crippen LogP contribution in [0, 0.1) is 0 Å². The first-order chi connectivity index (χ1) is 14.3. The zero-order valence-electron chi connectivity index (χ0n) is 16.4. The van der Waals surface area contributed by atoms with Gasteiger partial charge in [0, 0.05) is 18.4 Å². The summed E-state index contributed by atoms with van der Waals surface area (Å²) in [5, 5.41) is 8.04. The summed E-state index contributed by atoms with van der Waals surface area (Å²) in [6.45, 7) is 1.96. The smallest absolute Gasteiger partial charge is 0.416 e. The fourth-order valence-electron chi connectivity index (χ4n) is 3.95. The van der Waals surface area contributed by atoms with Crippen LogP contribution < -0.4 is 9.64 Å². The highest BCUT2D eigenvalue weighted by Gasteiger charge is 2.32. The van der Waals surface area contributed by atoms with E-state index in [0.717, 1.165) is 38.1 Å². The fourth-order valence-corrected chi connectivity index (χ4v) is 3.95. The van der Waals surface area contributed by atoms with E-state index >= 15 is 0 Å². The Bertz CT molecular complexity index is 1060. The normalized spacial score (nSPS) is 19.7. The number of benzene rings is 2. The molecule has 9 heteroatoms. The highest BCUT2D eigenvalue weighted by Crippen LogP contribution is 2.31. The number of hydrogen-bond donors (Lipinski definition) is 1. The molecule has 3 aromatic rings. The van der Waals surface area contributed by atoms with Gasteiger partial charge >= 0.3 is 6.18 Å². The molecule has 1 N–H and O–H groups in total. The summed E-state index contributed by atoms with van der Waals surface area (Å²) >= 11 is 0. The summed E-state index contributed by atoms with van der Waals surface area (Å²) in [6.07, 6.45) is -2.84. The molecule has 0 unspecified atom stereocenters. The minimum atomic E-state index is -4.40. The van der Waals surface area contributed by atoms with Gasteiger partial charge in [0.1, 0.15) is 17.8 Å². The number of ketones is 1. The number of nitrogens with one attached hydrogen (secondary N) is 1. The van der Waals surface area contributed by atoms with Crippen LogP contribution in [0.5, 0.6) is 5.75 Å². The summed E-state index contributed by atoms with van der Waals surface area (Å²) in [7, 11) is 1.57. The van der Waals surface area contributed by atoms with Gasteiger partial charge in [0.15, 0.2) is 0 Å². The molecule has 1 aliphatic heterocycles. The molecule has 1 aliphatic rings. The van der Waals surface area contributed by atoms with Crippen molar-refractivity contribution in [2.75, 3.05) is 26.7 Å². The number of methoxy groups -OCH3 is 1. The Labute approximate surface area is 171 Å². The Balaban J connectivity index is 1.40. The van der Waals surface area contributed by atoms with Crippen LogP contribution in [-0.2, 0) is 6.18 Å². The molecule has 1 aromatic heterocycles. The minimum Gasteiger partial charge on any atom is -0.497 e. The average molecular weight is 419 g/mol. The van der Waals surface area contributed by atoms with E-state index in [9.17, 15) is 18.0 Å². The van der Waals surface area contributed by atoms with Crippen molar-refractivity contribution in [3.8, 4) is 5.75 Å². The molecule has 0 spiro atoms. The number of halogens is 3. The number of carbonyl (C=O) groups excluding carboxylic acids is 1. The lowest BCUT2D eigenvalue weighted by Gasteiger charge is -2.29. The number of aromatic nitrogens is 3. The lowest BCUT2D eigenvalue weighted by molar-refractivity contribution is -0.897. The summed E-state index contributed by atoms with van der Waals surface area (Å²) in [5.74, 6) is 0.717. The van der Waals surface area contributed by atoms with Gasteiger partial charge in [0.2, 0.25) is 5.78 Å². The maximum absolute atomic E-state index is 12.9. The molecule has 0 amide bonds. The second-order valence-electron chi connectivity index (χ2n) is 7.55. The maximum atomic E-state index is 12.9. The second-order valence-corrected chi connectivity index (χ2v) is 7.55. The van der Waals surface area contributed by atoms with E-state index in [0.29, 0.717) is 23.4 Å². The maximum Gasteiger partial charge on any atom is 0.416 e. The lowest BCUT2D eigenvalue weighted by atomic mass is 10.0. The van der Waals surface area contributed by atoms with Gasteiger partial charge in [-0.25, -0.2) is 4.68 Å². The van der Waals surface area contributed by atoms with Crippen LogP contribution in [0.4, 0.5) is 13.2 Å². The van der Waals surface area contributed by atoms with Crippen molar-refractivity contribution in [1.29, 1.82) is 0 Å². The predicted octanol–water partition coefficient (Wildman–Crippen LogP) is 2.56. The zero-order valence-corrected chi connectivity index (χ0v) is 16.4. The number of carbonyl (C=O) groups is 1. The monoisotopic (exact) mass is 419 g/mol. The van der Waals surface area contributed by atoms with E-state index in [1.165, 1.54) is 11.0 Å². The molecule has 0 radical (unpaired) electrons. The highest BCUT2D eigenvalue weighted by atomic mass is 19.4. The molecule has 4 rings (SSSR count). The van der Waals surface area contributed by atoms with Crippen LogP contribution >= 0.6 is 0 Å². The van der Waals surface area contributed by atoms with Crippen molar-refractivity contribution in [3.05, 3.63) is 53.6 Å². The molecule has 0 atom stereocenters. The highest BCUT2D eigenvalue weighted by molar-refractivity contribution is 5.97. The Hall–Kier alpha value is -2.94. The van der Waals surface area contributed by atoms with Crippen molar-refractivity contribution in [2.45, 2.75) is 25.1 Å². The van der Waals surface area contributed by atoms with Crippen molar-refractivity contribution in [1.82, 2.24) is 15.0 Å². The van der Waals surface area contributed by atoms with Crippen molar-refractivity contribution in [3.63, 3.8) is 0 Å². The number of alkyl halides is 3. The van der Waals surface area contributed by atoms with E-state index in [1.54, 1.807) is 36.1 Å². The van der Waals surface area contributed by atoms with E-state index < -0.39 is 11.7 Å². The number of quaternary nitrogens is 1. The first-order valence-corrected chi connectivity index (χ1v) is 9.78. The molecule has 1 saturated heterocycles. The van der Waals surface area contributed by atoms with Crippen LogP contribution in [0.15, 0.2) is 42.5 Å². The molecule has 0 aliphatic carbocycles. The number of piperidine rings is 1. The third-order valence-corrected chi connectivity index (χ3v) is 5.61. The number of nitrogens with zero attached hydrogens (tertiary/aromatic N) is 3. The molecule has 6 nitrogen and oxygen atoms in total. The number of Topliss-reactive ketones (excluding diaryl/α,β-unsaturated/α-hetero) is 1. The molecular formula is C21H22F3N4O2+. The van der Waals surface area contributed by atoms with Crippen molar-refractivity contribution in [2.24, 2.45) is 0 Å². The van der Waals surface area contributed by atoms with Gasteiger partial charge in [-0.2, -0.15) is 13.2 Å². The van der Waals surface area contributed by atoms with Crippen LogP contribution in [0.1, 0.15) is 34.8 Å². The number of likely N-dealkylation sites (tertiary alicyclic amines) is 1. The van der Waals surface area contributed by atoms with E-state index in [2.05, 4.69) is 10.3 Å². The Morgan fingerprint density at radius 3 is 2.67 bits per heavy atom. The van der Waals surface area contributed by atoms with Crippen molar-refractivity contribution >= 4 is 16.8 Å². The SMILES string of the molecule is COc1cccc(C(=O)C[NH+]2CCC(n3nnc4cc(C(F)(F)F)ccc43)CC2)c1. The molecule has 158 valence electrons. The summed E-state index contributed by atoms with van der Waals surface area (Å²) in [6, 6.07) is 10.7. The Kier molecular flexibility index (Phi) is 5.46. The summed E-state index contributed by atoms with van der Waals surface area (Å²) < 4.78 is 45.6. The van der Waals surface area contributed by atoms with Gasteiger partial charge in [-0.1, -0.05) is 17.3 Å². The quantitative estimate of drug-likeness (QED) is 0.646. The largest absolute Gasteiger partial charge is 0.497 e. The Morgan fingerprint density at radius 2 is 1.97 bits per heavy atom. The standard InChI is InChI=1S/C21H21F3N4O2/c1-30-17-4-2-3-14(11-17)20(29)13-27-9-7-16(8-10-27)28-19-6-5-15(21(22,23)24)12-18(19)25-26-28/h2-6,11-12,16H,7-10,13H2,1H3/p+1. The van der Waals surface area contributed by atoms with E-state index in [1.807, 2.05) is 0 Å². The number of rotatable bonds is 5. The minimum absolute atomic E-state index is 0.0578. The van der Waals surface area contributed by atoms with E-state index in [-0.39, 0.29) is 17.3 Å². The third kappa shape index (κ3) is 4.16. The lowest BCUT2D eigenvalue weighted by Crippen LogP contribution is -3.13. The number of fused-ring (bicyclic) bond motifs is 1. The Morgan fingerprint density at radius 1 is 1.20 bits per heavy atom. The van der Waals surface area contributed by atoms with Gasteiger partial charge in [0.05, 0.1) is 37.3 Å². The molecule has 2 aromatic carbocycles. The van der Waals surface area contributed by atoms with Gasteiger partial charge in [-0.3, -0.25) is 4.79 Å². The van der Waals surface area contributed by atoms with Gasteiger partial charge in [0.25, 0.3) is 0 Å². The molecule has 0 saturated carbocycles. The molecule has 1 fully saturated rings. The topological polar surface area (TPSA) is 61.5 Å². The van der Waals surface area contributed by atoms with Crippen LogP contribution in [-0.4, -0.2) is 47.5 Å². The zero-order chi connectivity index (χ0) is 21.3. The molecular weight excluding hydrogens is 397 g/mol. The van der Waals surface area contributed by atoms with Crippen molar-refractivity contribution < 1.29 is 27.6 Å². The third-order valence-electron chi connectivity index (χ3n) is 5.61. The van der Waals surface area contributed by atoms with Gasteiger partial charge in [-0.15, -0.1) is 5.10 Å². The molecule has 2 heterocycles. The van der Waals surface area contributed by atoms with Gasteiger partial charge in [-0.05, 0) is 30.3 Å². The number of hydrogen-bond acceptors (Lipinski definition) is 4. The molecule has 0 bridgehead atoms. The van der Waals surface area contributed by atoms with Crippen LogP contribution in [0.2, 0.25) is 0 Å². The predicted molar refractivity (Wildman–Crippen MR) is 104 cm³/mol. The summed E-state index contributed by atoms with van der Waals surface area (Å²) in [4.78, 5) is 13.8. The first kappa shape index (κ1) is 20.3. The van der Waals surface area contributed by atoms with Gasteiger partial charge < -0.3 is 9.64 Å².